The van der Waals surface area contributed by atoms with Gasteiger partial charge >= 0.3 is 0 Å². The minimum Gasteiger partial charge on any atom is -0.399 e. The highest BCUT2D eigenvalue weighted by atomic mass is 79.9. The molecule has 2 rings (SSSR count). The highest BCUT2D eigenvalue weighted by molar-refractivity contribution is 9.10. The molecule has 1 fully saturated rings. The zero-order valence-corrected chi connectivity index (χ0v) is 13.8. The van der Waals surface area contributed by atoms with Crippen LogP contribution >= 0.6 is 15.9 Å². The topological polar surface area (TPSA) is 46.3 Å². The first-order valence-corrected chi connectivity index (χ1v) is 8.08. The normalized spacial score (nSPS) is 20.3. The summed E-state index contributed by atoms with van der Waals surface area (Å²) in [5, 5.41) is 0. The lowest BCUT2D eigenvalue weighted by Gasteiger charge is -2.22. The molecule has 2 N–H and O–H groups in total. The van der Waals surface area contributed by atoms with Crippen molar-refractivity contribution < 1.29 is 4.79 Å². The maximum absolute atomic E-state index is 12.3. The fourth-order valence-electron chi connectivity index (χ4n) is 2.79. The summed E-state index contributed by atoms with van der Waals surface area (Å²) < 4.78 is 0.981. The van der Waals surface area contributed by atoms with Gasteiger partial charge in [0.15, 0.2) is 0 Å². The number of hydrogen-bond donors (Lipinski definition) is 1. The Kier molecular flexibility index (Phi) is 5.08. The van der Waals surface area contributed by atoms with Gasteiger partial charge in [0.2, 0.25) is 5.91 Å². The SMILES string of the molecule is CC(C)C1CCC(=O)N(Cc2ccc(N)cc2Br)CC1. The third-order valence-corrected chi connectivity index (χ3v) is 4.97. The predicted octanol–water partition coefficient (Wildman–Crippen LogP) is 3.82. The van der Waals surface area contributed by atoms with Crippen LogP contribution in [0.4, 0.5) is 5.69 Å². The molecule has 1 aromatic carbocycles. The molecule has 1 aromatic rings. The molecular formula is C16H23BrN2O. The Balaban J connectivity index is 2.06. The smallest absolute Gasteiger partial charge is 0.222 e. The van der Waals surface area contributed by atoms with E-state index in [2.05, 4.69) is 29.8 Å². The van der Waals surface area contributed by atoms with Crippen molar-refractivity contribution in [1.82, 2.24) is 4.90 Å². The van der Waals surface area contributed by atoms with Crippen LogP contribution in [0.1, 0.15) is 38.7 Å². The molecule has 1 amide bonds. The number of benzene rings is 1. The van der Waals surface area contributed by atoms with E-state index in [-0.39, 0.29) is 5.91 Å². The molecule has 0 bridgehead atoms. The lowest BCUT2D eigenvalue weighted by molar-refractivity contribution is -0.131. The first kappa shape index (κ1) is 15.4. The van der Waals surface area contributed by atoms with Gasteiger partial charge < -0.3 is 10.6 Å². The van der Waals surface area contributed by atoms with Gasteiger partial charge in [0, 0.05) is 29.7 Å². The van der Waals surface area contributed by atoms with Crippen LogP contribution in [0.3, 0.4) is 0 Å². The number of likely N-dealkylation sites (tertiary alicyclic amines) is 1. The molecule has 0 saturated carbocycles. The molecule has 0 aromatic heterocycles. The fourth-order valence-corrected chi connectivity index (χ4v) is 3.31. The molecule has 1 aliphatic heterocycles. The first-order valence-electron chi connectivity index (χ1n) is 7.29. The van der Waals surface area contributed by atoms with Gasteiger partial charge in [0.1, 0.15) is 0 Å². The van der Waals surface area contributed by atoms with Crippen LogP contribution in [0.5, 0.6) is 0 Å². The van der Waals surface area contributed by atoms with Crippen molar-refractivity contribution >= 4 is 27.5 Å². The number of nitrogens with zero attached hydrogens (tertiary/aromatic N) is 1. The van der Waals surface area contributed by atoms with E-state index in [1.807, 2.05) is 23.1 Å². The van der Waals surface area contributed by atoms with E-state index in [0.717, 1.165) is 35.1 Å². The number of amides is 1. The summed E-state index contributed by atoms with van der Waals surface area (Å²) in [6.45, 7) is 6.03. The maximum Gasteiger partial charge on any atom is 0.222 e. The highest BCUT2D eigenvalue weighted by Crippen LogP contribution is 2.27. The van der Waals surface area contributed by atoms with Crippen molar-refractivity contribution in [2.45, 2.75) is 39.7 Å². The van der Waals surface area contributed by atoms with Crippen LogP contribution in [0.25, 0.3) is 0 Å². The van der Waals surface area contributed by atoms with Crippen molar-refractivity contribution in [2.24, 2.45) is 11.8 Å². The molecule has 1 heterocycles. The first-order chi connectivity index (χ1) is 9.47. The molecular weight excluding hydrogens is 316 g/mol. The Morgan fingerprint density at radius 1 is 1.40 bits per heavy atom. The Morgan fingerprint density at radius 3 is 2.80 bits per heavy atom. The highest BCUT2D eigenvalue weighted by Gasteiger charge is 2.24. The van der Waals surface area contributed by atoms with Gasteiger partial charge in [0.25, 0.3) is 0 Å². The lowest BCUT2D eigenvalue weighted by atomic mass is 9.89. The summed E-state index contributed by atoms with van der Waals surface area (Å²) in [4.78, 5) is 14.2. The summed E-state index contributed by atoms with van der Waals surface area (Å²) in [6.07, 6.45) is 2.81. The minimum atomic E-state index is 0.275. The van der Waals surface area contributed by atoms with Crippen molar-refractivity contribution in [3.63, 3.8) is 0 Å². The maximum atomic E-state index is 12.3. The monoisotopic (exact) mass is 338 g/mol. The van der Waals surface area contributed by atoms with E-state index >= 15 is 0 Å². The van der Waals surface area contributed by atoms with Crippen molar-refractivity contribution in [3.05, 3.63) is 28.2 Å². The minimum absolute atomic E-state index is 0.275. The fraction of sp³-hybridized carbons (Fsp3) is 0.562. The number of nitrogen functional groups attached to an aromatic ring is 1. The molecule has 20 heavy (non-hydrogen) atoms. The van der Waals surface area contributed by atoms with Gasteiger partial charge in [-0.2, -0.15) is 0 Å². The summed E-state index contributed by atoms with van der Waals surface area (Å²) in [5.74, 6) is 1.60. The second-order valence-corrected chi connectivity index (χ2v) is 6.85. The van der Waals surface area contributed by atoms with E-state index in [0.29, 0.717) is 24.8 Å². The summed E-state index contributed by atoms with van der Waals surface area (Å²) in [5.41, 5.74) is 7.61. The predicted molar refractivity (Wildman–Crippen MR) is 86.2 cm³/mol. The third-order valence-electron chi connectivity index (χ3n) is 4.23. The second kappa shape index (κ2) is 6.61. The third kappa shape index (κ3) is 3.75. The van der Waals surface area contributed by atoms with Crippen LogP contribution in [0, 0.1) is 11.8 Å². The number of carbonyl (C=O) groups excluding carboxylic acids is 1. The van der Waals surface area contributed by atoms with E-state index < -0.39 is 0 Å². The molecule has 110 valence electrons. The summed E-state index contributed by atoms with van der Waals surface area (Å²) in [7, 11) is 0. The van der Waals surface area contributed by atoms with Crippen molar-refractivity contribution in [3.8, 4) is 0 Å². The van der Waals surface area contributed by atoms with E-state index in [1.165, 1.54) is 0 Å². The largest absolute Gasteiger partial charge is 0.399 e. The molecule has 3 nitrogen and oxygen atoms in total. The molecule has 1 aliphatic rings. The summed E-state index contributed by atoms with van der Waals surface area (Å²) in [6, 6.07) is 5.78. The number of nitrogens with two attached hydrogens (primary N) is 1. The number of rotatable bonds is 3. The number of halogens is 1. The standard InChI is InChI=1S/C16H23BrN2O/c1-11(2)12-4-6-16(20)19(8-7-12)10-13-3-5-14(18)9-15(13)17/h3,5,9,11-12H,4,6-8,10,18H2,1-2H3. The van der Waals surface area contributed by atoms with Gasteiger partial charge in [-0.15, -0.1) is 0 Å². The van der Waals surface area contributed by atoms with Gasteiger partial charge in [-0.25, -0.2) is 0 Å². The van der Waals surface area contributed by atoms with E-state index in [9.17, 15) is 4.79 Å². The number of anilines is 1. The summed E-state index contributed by atoms with van der Waals surface area (Å²) >= 11 is 3.53. The van der Waals surface area contributed by atoms with Crippen LogP contribution in [-0.2, 0) is 11.3 Å². The van der Waals surface area contributed by atoms with Gasteiger partial charge in [-0.1, -0.05) is 35.8 Å². The Morgan fingerprint density at radius 2 is 2.15 bits per heavy atom. The van der Waals surface area contributed by atoms with Crippen LogP contribution in [0.15, 0.2) is 22.7 Å². The Labute approximate surface area is 129 Å². The Bertz CT molecular complexity index is 487. The molecule has 1 atom stereocenters. The van der Waals surface area contributed by atoms with Gasteiger partial charge in [-0.3, -0.25) is 4.79 Å². The van der Waals surface area contributed by atoms with E-state index in [1.54, 1.807) is 0 Å². The molecule has 1 saturated heterocycles. The average Bonchev–Trinajstić information content (AvgIpc) is 2.56. The molecule has 0 aliphatic carbocycles. The molecule has 4 heteroatoms. The molecule has 1 unspecified atom stereocenters. The van der Waals surface area contributed by atoms with E-state index in [4.69, 9.17) is 5.73 Å². The zero-order valence-electron chi connectivity index (χ0n) is 12.2. The molecule has 0 radical (unpaired) electrons. The number of hydrogen-bond acceptors (Lipinski definition) is 2. The van der Waals surface area contributed by atoms with Crippen LogP contribution in [-0.4, -0.2) is 17.4 Å². The Hall–Kier alpha value is -1.03. The van der Waals surface area contributed by atoms with Gasteiger partial charge in [-0.05, 0) is 42.4 Å². The molecule has 0 spiro atoms. The van der Waals surface area contributed by atoms with Crippen molar-refractivity contribution in [1.29, 1.82) is 0 Å². The quantitative estimate of drug-likeness (QED) is 0.851. The average molecular weight is 339 g/mol. The van der Waals surface area contributed by atoms with Crippen LogP contribution < -0.4 is 5.73 Å². The lowest BCUT2D eigenvalue weighted by Crippen LogP contribution is -2.30. The number of carbonyl (C=O) groups is 1. The van der Waals surface area contributed by atoms with Gasteiger partial charge in [0.05, 0.1) is 0 Å². The second-order valence-electron chi connectivity index (χ2n) is 6.00. The van der Waals surface area contributed by atoms with Crippen molar-refractivity contribution in [2.75, 3.05) is 12.3 Å². The zero-order chi connectivity index (χ0) is 14.7. The van der Waals surface area contributed by atoms with Crippen LogP contribution in [0.2, 0.25) is 0 Å².